The molecule has 0 bridgehead atoms. The monoisotopic (exact) mass is 179 g/mol. The molecule has 0 aromatic heterocycles. The number of rotatable bonds is 6. The van der Waals surface area contributed by atoms with Crippen LogP contribution >= 0.6 is 0 Å². The van der Waals surface area contributed by atoms with Gasteiger partial charge in [0.1, 0.15) is 0 Å². The Morgan fingerprint density at radius 1 is 1.23 bits per heavy atom. The number of allylic oxidation sites excluding steroid dienone is 5. The van der Waals surface area contributed by atoms with Gasteiger partial charge < -0.3 is 5.32 Å². The molecule has 1 N–H and O–H groups in total. The van der Waals surface area contributed by atoms with Crippen molar-refractivity contribution in [1.29, 1.82) is 0 Å². The van der Waals surface area contributed by atoms with Crippen molar-refractivity contribution in [2.24, 2.45) is 5.92 Å². The molecule has 0 amide bonds. The maximum Gasteiger partial charge on any atom is 0.00643 e. The fraction of sp³-hybridized carbons (Fsp3) is 0.500. The summed E-state index contributed by atoms with van der Waals surface area (Å²) < 4.78 is 0. The first-order valence-corrected chi connectivity index (χ1v) is 4.83. The van der Waals surface area contributed by atoms with E-state index in [0.717, 1.165) is 6.42 Å². The summed E-state index contributed by atoms with van der Waals surface area (Å²) in [7, 11) is 2.00. The molecule has 0 fully saturated rings. The summed E-state index contributed by atoms with van der Waals surface area (Å²) in [5, 5.41) is 3.25. The van der Waals surface area contributed by atoms with E-state index in [-0.39, 0.29) is 0 Å². The molecule has 2 unspecified atom stereocenters. The van der Waals surface area contributed by atoms with Crippen LogP contribution in [0.2, 0.25) is 0 Å². The van der Waals surface area contributed by atoms with Crippen LogP contribution in [-0.4, -0.2) is 13.1 Å². The Labute approximate surface area is 82.2 Å². The largest absolute Gasteiger partial charge is 0.317 e. The van der Waals surface area contributed by atoms with Crippen molar-refractivity contribution in [3.05, 3.63) is 37.0 Å². The van der Waals surface area contributed by atoms with Crippen molar-refractivity contribution in [2.45, 2.75) is 26.3 Å². The van der Waals surface area contributed by atoms with E-state index in [0.29, 0.717) is 12.0 Å². The smallest absolute Gasteiger partial charge is 0.00643 e. The molecule has 0 saturated heterocycles. The van der Waals surface area contributed by atoms with Gasteiger partial charge in [0.25, 0.3) is 0 Å². The molecule has 0 rings (SSSR count). The van der Waals surface area contributed by atoms with E-state index in [1.165, 1.54) is 0 Å². The van der Waals surface area contributed by atoms with Crippen molar-refractivity contribution in [3.63, 3.8) is 0 Å². The molecule has 13 heavy (non-hydrogen) atoms. The van der Waals surface area contributed by atoms with Crippen LogP contribution in [0.3, 0.4) is 0 Å². The van der Waals surface area contributed by atoms with Crippen LogP contribution < -0.4 is 5.32 Å². The second kappa shape index (κ2) is 7.81. The third kappa shape index (κ3) is 6.35. The maximum absolute atomic E-state index is 3.60. The average Bonchev–Trinajstić information content (AvgIpc) is 2.16. The summed E-state index contributed by atoms with van der Waals surface area (Å²) >= 11 is 0. The van der Waals surface area contributed by atoms with Crippen LogP contribution in [-0.2, 0) is 0 Å². The Hall–Kier alpha value is -0.820. The van der Waals surface area contributed by atoms with Crippen LogP contribution in [0, 0.1) is 5.92 Å². The van der Waals surface area contributed by atoms with Gasteiger partial charge in [-0.15, -0.1) is 0 Å². The lowest BCUT2D eigenvalue weighted by Gasteiger charge is -2.16. The second-order valence-corrected chi connectivity index (χ2v) is 3.34. The summed E-state index contributed by atoms with van der Waals surface area (Å²) in [5.74, 6) is 0.679. The average molecular weight is 179 g/mol. The van der Waals surface area contributed by atoms with E-state index in [9.17, 15) is 0 Å². The third-order valence-corrected chi connectivity index (χ3v) is 2.31. The van der Waals surface area contributed by atoms with Gasteiger partial charge in [-0.1, -0.05) is 43.9 Å². The fourth-order valence-electron chi connectivity index (χ4n) is 1.00. The number of nitrogens with one attached hydrogen (secondary N) is 1. The van der Waals surface area contributed by atoms with Crippen molar-refractivity contribution >= 4 is 0 Å². The predicted octanol–water partition coefficient (Wildman–Crippen LogP) is 2.92. The summed E-state index contributed by atoms with van der Waals surface area (Å²) in [4.78, 5) is 0. The molecule has 0 heterocycles. The minimum absolute atomic E-state index is 0.577. The molecule has 1 nitrogen and oxygen atoms in total. The Kier molecular flexibility index (Phi) is 7.32. The van der Waals surface area contributed by atoms with Gasteiger partial charge in [-0.3, -0.25) is 0 Å². The molecule has 2 atom stereocenters. The van der Waals surface area contributed by atoms with Crippen molar-refractivity contribution in [2.75, 3.05) is 7.05 Å². The highest BCUT2D eigenvalue weighted by atomic mass is 14.9. The lowest BCUT2D eigenvalue weighted by Crippen LogP contribution is -2.28. The third-order valence-electron chi connectivity index (χ3n) is 2.31. The standard InChI is InChI=1S/C12H21N/c1-5-6-7-8-9-10-11(2)12(3)13-4/h5-9,11-13H,1,10H2,2-4H3/b7-6-,9-8-. The van der Waals surface area contributed by atoms with Gasteiger partial charge in [-0.25, -0.2) is 0 Å². The zero-order valence-corrected chi connectivity index (χ0v) is 8.96. The summed E-state index contributed by atoms with van der Waals surface area (Å²) in [6.45, 7) is 8.06. The van der Waals surface area contributed by atoms with Gasteiger partial charge in [0.15, 0.2) is 0 Å². The first-order valence-electron chi connectivity index (χ1n) is 4.83. The molecule has 0 saturated carbocycles. The highest BCUT2D eigenvalue weighted by Crippen LogP contribution is 2.07. The summed E-state index contributed by atoms with van der Waals surface area (Å²) in [5.41, 5.74) is 0. The van der Waals surface area contributed by atoms with Gasteiger partial charge >= 0.3 is 0 Å². The molecule has 0 aromatic carbocycles. The minimum atomic E-state index is 0.577. The van der Waals surface area contributed by atoms with E-state index in [1.54, 1.807) is 6.08 Å². The Bertz CT molecular complexity index is 180. The van der Waals surface area contributed by atoms with Gasteiger partial charge in [0, 0.05) is 6.04 Å². The number of hydrogen-bond donors (Lipinski definition) is 1. The Balaban J connectivity index is 3.68. The van der Waals surface area contributed by atoms with E-state index in [4.69, 9.17) is 0 Å². The lowest BCUT2D eigenvalue weighted by atomic mass is 10.00. The van der Waals surface area contributed by atoms with Gasteiger partial charge in [-0.2, -0.15) is 0 Å². The number of hydrogen-bond acceptors (Lipinski definition) is 1. The fourth-order valence-corrected chi connectivity index (χ4v) is 1.00. The van der Waals surface area contributed by atoms with Gasteiger partial charge in [0.05, 0.1) is 0 Å². The molecule has 0 aliphatic carbocycles. The first kappa shape index (κ1) is 12.2. The van der Waals surface area contributed by atoms with Gasteiger partial charge in [-0.05, 0) is 26.3 Å². The van der Waals surface area contributed by atoms with Crippen LogP contribution in [0.1, 0.15) is 20.3 Å². The maximum atomic E-state index is 3.60. The van der Waals surface area contributed by atoms with Crippen LogP contribution in [0.15, 0.2) is 37.0 Å². The van der Waals surface area contributed by atoms with Crippen molar-refractivity contribution < 1.29 is 0 Å². The molecule has 0 spiro atoms. The van der Waals surface area contributed by atoms with Gasteiger partial charge in [0.2, 0.25) is 0 Å². The van der Waals surface area contributed by atoms with E-state index in [2.05, 4.69) is 37.9 Å². The minimum Gasteiger partial charge on any atom is -0.317 e. The van der Waals surface area contributed by atoms with Crippen molar-refractivity contribution in [3.8, 4) is 0 Å². The Morgan fingerprint density at radius 3 is 2.46 bits per heavy atom. The Morgan fingerprint density at radius 2 is 1.92 bits per heavy atom. The molecule has 0 aromatic rings. The highest BCUT2D eigenvalue weighted by Gasteiger charge is 2.06. The molecule has 0 aliphatic rings. The lowest BCUT2D eigenvalue weighted by molar-refractivity contribution is 0.430. The normalized spacial score (nSPS) is 16.5. The molecule has 0 radical (unpaired) electrons. The molecule has 74 valence electrons. The van der Waals surface area contributed by atoms with Crippen LogP contribution in [0.4, 0.5) is 0 Å². The van der Waals surface area contributed by atoms with Crippen LogP contribution in [0.25, 0.3) is 0 Å². The topological polar surface area (TPSA) is 12.0 Å². The van der Waals surface area contributed by atoms with Crippen LogP contribution in [0.5, 0.6) is 0 Å². The first-order chi connectivity index (χ1) is 6.22. The molecule has 1 heteroatoms. The molecular formula is C12H21N. The van der Waals surface area contributed by atoms with E-state index < -0.39 is 0 Å². The van der Waals surface area contributed by atoms with Crippen molar-refractivity contribution in [1.82, 2.24) is 5.32 Å². The predicted molar refractivity (Wildman–Crippen MR) is 60.8 cm³/mol. The van der Waals surface area contributed by atoms with E-state index >= 15 is 0 Å². The molecule has 0 aliphatic heterocycles. The second-order valence-electron chi connectivity index (χ2n) is 3.34. The highest BCUT2D eigenvalue weighted by molar-refractivity contribution is 5.08. The SMILES string of the molecule is C=C/C=C\C=C/CC(C)C(C)NC. The quantitative estimate of drug-likeness (QED) is 0.618. The molecular weight excluding hydrogens is 158 g/mol. The summed E-state index contributed by atoms with van der Waals surface area (Å²) in [6, 6.07) is 0.577. The zero-order valence-electron chi connectivity index (χ0n) is 8.96. The zero-order chi connectivity index (χ0) is 10.1. The summed E-state index contributed by atoms with van der Waals surface area (Å²) in [6.07, 6.45) is 11.1. The van der Waals surface area contributed by atoms with E-state index in [1.807, 2.05) is 19.2 Å².